The monoisotopic (exact) mass is 480 g/mol. The van der Waals surface area contributed by atoms with Crippen molar-refractivity contribution in [3.8, 4) is 17.2 Å². The van der Waals surface area contributed by atoms with Gasteiger partial charge in [-0.1, -0.05) is 30.9 Å². The molecule has 0 aliphatic carbocycles. The van der Waals surface area contributed by atoms with Crippen LogP contribution in [0.1, 0.15) is 36.9 Å². The zero-order valence-corrected chi connectivity index (χ0v) is 20.5. The molecule has 0 saturated carbocycles. The van der Waals surface area contributed by atoms with Gasteiger partial charge in [0.05, 0.1) is 33.3 Å². The molecular weight excluding hydrogens is 448 g/mol. The molecule has 1 N–H and O–H groups in total. The van der Waals surface area contributed by atoms with E-state index in [2.05, 4.69) is 0 Å². The van der Waals surface area contributed by atoms with Gasteiger partial charge >= 0.3 is 0 Å². The van der Waals surface area contributed by atoms with Gasteiger partial charge in [0.2, 0.25) is 5.78 Å². The summed E-state index contributed by atoms with van der Waals surface area (Å²) in [6, 6.07) is 11.4. The number of Topliss-reactive ketones (excluding diaryl/α,β-unsaturated/α-hetero) is 1. The van der Waals surface area contributed by atoms with Crippen molar-refractivity contribution in [2.75, 3.05) is 47.0 Å². The van der Waals surface area contributed by atoms with Crippen molar-refractivity contribution >= 4 is 17.4 Å². The Kier molecular flexibility index (Phi) is 7.60. The number of quaternary nitrogens is 1. The van der Waals surface area contributed by atoms with E-state index in [1.165, 1.54) is 9.80 Å². The first-order valence-corrected chi connectivity index (χ1v) is 12.1. The van der Waals surface area contributed by atoms with E-state index in [4.69, 9.17) is 14.2 Å². The number of ketones is 1. The number of rotatable bonds is 9. The van der Waals surface area contributed by atoms with Crippen molar-refractivity contribution in [2.24, 2.45) is 0 Å². The molecular formula is C27H32N2O6. The van der Waals surface area contributed by atoms with Crippen LogP contribution < -0.4 is 24.2 Å². The number of benzene rings is 2. The van der Waals surface area contributed by atoms with Gasteiger partial charge in [0, 0.05) is 18.5 Å². The lowest BCUT2D eigenvalue weighted by Gasteiger charge is -2.28. The van der Waals surface area contributed by atoms with Crippen molar-refractivity contribution in [1.82, 2.24) is 4.90 Å². The third-order valence-corrected chi connectivity index (χ3v) is 6.08. The van der Waals surface area contributed by atoms with E-state index in [1.54, 1.807) is 18.2 Å². The van der Waals surface area contributed by atoms with Gasteiger partial charge < -0.3 is 29.1 Å². The van der Waals surface area contributed by atoms with E-state index in [1.807, 2.05) is 45.3 Å². The predicted molar refractivity (Wildman–Crippen MR) is 128 cm³/mol. The number of carbonyl (C=O) groups excluding carboxylic acids is 2. The first-order chi connectivity index (χ1) is 16.9. The number of nitrogens with one attached hydrogen (secondary N) is 1. The minimum absolute atomic E-state index is 0.0360. The standard InChI is InChI=1S/C27H32N2O6/c1-4-14-33-20-9-6-18(7-10-20)24-23(26(31)27(32)29(24)13-5-12-28(2)3)25(30)19-8-11-21-22(17-19)35-16-15-34-21/h6-11,17,24,30H,4-5,12-16H2,1-3H3. The second-order valence-corrected chi connectivity index (χ2v) is 9.06. The smallest absolute Gasteiger partial charge is 0.295 e. The molecule has 2 aromatic rings. The van der Waals surface area contributed by atoms with E-state index >= 15 is 0 Å². The number of amides is 1. The molecule has 0 spiro atoms. The van der Waals surface area contributed by atoms with E-state index in [9.17, 15) is 14.7 Å². The summed E-state index contributed by atoms with van der Waals surface area (Å²) in [4.78, 5) is 29.0. The summed E-state index contributed by atoms with van der Waals surface area (Å²) in [6.07, 6.45) is 1.60. The van der Waals surface area contributed by atoms with Crippen molar-refractivity contribution < 1.29 is 33.8 Å². The molecule has 0 aromatic heterocycles. The quantitative estimate of drug-likeness (QED) is 0.327. The molecule has 2 aliphatic heterocycles. The number of hydrogen-bond acceptors (Lipinski definition) is 6. The average molecular weight is 481 g/mol. The fourth-order valence-corrected chi connectivity index (χ4v) is 4.36. The van der Waals surface area contributed by atoms with Gasteiger partial charge in [0.25, 0.3) is 5.91 Å². The Morgan fingerprint density at radius 1 is 1.09 bits per heavy atom. The summed E-state index contributed by atoms with van der Waals surface area (Å²) in [5.41, 5.74) is 0.954. The number of carbonyl (C=O) groups is 2. The Bertz CT molecular complexity index is 1110. The molecule has 1 atom stereocenters. The molecule has 2 aliphatic rings. The van der Waals surface area contributed by atoms with E-state index in [0.717, 1.165) is 13.0 Å². The van der Waals surface area contributed by atoms with E-state index in [0.29, 0.717) is 55.6 Å². The van der Waals surface area contributed by atoms with Crippen LogP contribution in [0.25, 0.3) is 5.76 Å². The highest BCUT2D eigenvalue weighted by molar-refractivity contribution is 6.46. The van der Waals surface area contributed by atoms with Gasteiger partial charge in [-0.2, -0.15) is 0 Å². The molecule has 2 aromatic carbocycles. The predicted octanol–water partition coefficient (Wildman–Crippen LogP) is 1.01. The maximum absolute atomic E-state index is 13.6. The van der Waals surface area contributed by atoms with E-state index in [-0.39, 0.29) is 11.1 Å². The Hall–Kier alpha value is -3.52. The Balaban J connectivity index is 1.74. The average Bonchev–Trinajstić information content (AvgIpc) is 3.12. The van der Waals surface area contributed by atoms with Crippen molar-refractivity contribution in [3.63, 3.8) is 0 Å². The molecule has 8 nitrogen and oxygen atoms in total. The van der Waals surface area contributed by atoms with Gasteiger partial charge in [0.15, 0.2) is 11.5 Å². The molecule has 1 fully saturated rings. The van der Waals surface area contributed by atoms with Gasteiger partial charge in [-0.05, 0) is 41.8 Å². The van der Waals surface area contributed by atoms with Crippen LogP contribution in [0.2, 0.25) is 0 Å². The number of likely N-dealkylation sites (tertiary alicyclic amines) is 1. The lowest BCUT2D eigenvalue weighted by atomic mass is 9.95. The molecule has 0 bridgehead atoms. The number of fused-ring (bicyclic) bond motifs is 1. The highest BCUT2D eigenvalue weighted by Gasteiger charge is 2.44. The first kappa shape index (κ1) is 24.6. The van der Waals surface area contributed by atoms with Crippen molar-refractivity contribution in [1.29, 1.82) is 0 Å². The normalized spacial score (nSPS) is 18.9. The van der Waals surface area contributed by atoms with Gasteiger partial charge in [0.1, 0.15) is 19.0 Å². The molecule has 4 rings (SSSR count). The third kappa shape index (κ3) is 5.27. The Morgan fingerprint density at radius 3 is 2.49 bits per heavy atom. The first-order valence-electron chi connectivity index (χ1n) is 12.1. The van der Waals surface area contributed by atoms with Crippen LogP contribution in [0.15, 0.2) is 48.0 Å². The summed E-state index contributed by atoms with van der Waals surface area (Å²) >= 11 is 0. The highest BCUT2D eigenvalue weighted by Crippen LogP contribution is 2.40. The summed E-state index contributed by atoms with van der Waals surface area (Å²) in [6.45, 7) is 4.66. The fraction of sp³-hybridized carbons (Fsp3) is 0.407. The zero-order valence-electron chi connectivity index (χ0n) is 20.5. The summed E-state index contributed by atoms with van der Waals surface area (Å²) in [5, 5.41) is 13.6. The molecule has 1 amide bonds. The third-order valence-electron chi connectivity index (χ3n) is 6.08. The van der Waals surface area contributed by atoms with Crippen LogP contribution in [0.3, 0.4) is 0 Å². The Labute approximate surface area is 205 Å². The van der Waals surface area contributed by atoms with Crippen LogP contribution in [-0.2, 0) is 9.59 Å². The number of nitrogens with zero attached hydrogens (tertiary/aromatic N) is 1. The Morgan fingerprint density at radius 2 is 1.80 bits per heavy atom. The van der Waals surface area contributed by atoms with Crippen LogP contribution in [-0.4, -0.2) is 63.6 Å². The van der Waals surface area contributed by atoms with Crippen LogP contribution in [0.5, 0.6) is 17.2 Å². The minimum Gasteiger partial charge on any atom is -0.872 e. The van der Waals surface area contributed by atoms with Crippen molar-refractivity contribution in [3.05, 3.63) is 59.2 Å². The SMILES string of the molecule is CCCOc1ccc(C2C(=C([O-])c3ccc4c(c3)OCCO4)C(=O)C(=O)N2CCC[NH+](C)C)cc1. The lowest BCUT2D eigenvalue weighted by molar-refractivity contribution is -0.858. The number of hydrogen-bond donors (Lipinski definition) is 1. The fourth-order valence-electron chi connectivity index (χ4n) is 4.36. The second-order valence-electron chi connectivity index (χ2n) is 9.06. The summed E-state index contributed by atoms with van der Waals surface area (Å²) < 4.78 is 16.8. The van der Waals surface area contributed by atoms with Crippen LogP contribution in [0.4, 0.5) is 0 Å². The molecule has 0 radical (unpaired) electrons. The van der Waals surface area contributed by atoms with E-state index < -0.39 is 23.5 Å². The topological polar surface area (TPSA) is 92.6 Å². The maximum Gasteiger partial charge on any atom is 0.295 e. The summed E-state index contributed by atoms with van der Waals surface area (Å²) in [5.74, 6) is -0.154. The van der Waals surface area contributed by atoms with Crippen molar-refractivity contribution in [2.45, 2.75) is 25.8 Å². The molecule has 1 unspecified atom stereocenters. The molecule has 1 saturated heterocycles. The minimum atomic E-state index is -0.756. The molecule has 2 heterocycles. The lowest BCUT2D eigenvalue weighted by Crippen LogP contribution is -3.05. The second kappa shape index (κ2) is 10.8. The van der Waals surface area contributed by atoms with Crippen LogP contribution >= 0.6 is 0 Å². The largest absolute Gasteiger partial charge is 0.872 e. The van der Waals surface area contributed by atoms with Gasteiger partial charge in [-0.3, -0.25) is 9.59 Å². The molecule has 8 heteroatoms. The molecule has 35 heavy (non-hydrogen) atoms. The highest BCUT2D eigenvalue weighted by atomic mass is 16.6. The van der Waals surface area contributed by atoms with Gasteiger partial charge in [-0.25, -0.2) is 0 Å². The zero-order chi connectivity index (χ0) is 24.9. The van der Waals surface area contributed by atoms with Gasteiger partial charge in [-0.15, -0.1) is 0 Å². The molecule has 186 valence electrons. The number of ether oxygens (including phenoxy) is 3. The maximum atomic E-state index is 13.6. The van der Waals surface area contributed by atoms with Crippen LogP contribution in [0, 0.1) is 0 Å². The summed E-state index contributed by atoms with van der Waals surface area (Å²) in [7, 11) is 4.07.